The van der Waals surface area contributed by atoms with Crippen molar-refractivity contribution in [1.29, 1.82) is 5.26 Å². The highest BCUT2D eigenvalue weighted by molar-refractivity contribution is 7.89. The van der Waals surface area contributed by atoms with E-state index in [1.165, 1.54) is 25.4 Å². The second-order valence-electron chi connectivity index (χ2n) is 3.26. The molecule has 17 heavy (non-hydrogen) atoms. The van der Waals surface area contributed by atoms with Crippen LogP contribution in [-0.2, 0) is 10.0 Å². The van der Waals surface area contributed by atoms with Gasteiger partial charge in [-0.15, -0.1) is 0 Å². The maximum absolute atomic E-state index is 12.0. The SMILES string of the molecule is CN(CCC#N)S(=O)(=O)c1ccc(NN)nc1. The van der Waals surface area contributed by atoms with E-state index in [1.54, 1.807) is 0 Å². The molecule has 0 aromatic carbocycles. The summed E-state index contributed by atoms with van der Waals surface area (Å²) in [4.78, 5) is 3.89. The maximum Gasteiger partial charge on any atom is 0.244 e. The molecule has 0 unspecified atom stereocenters. The van der Waals surface area contributed by atoms with Gasteiger partial charge in [-0.1, -0.05) is 0 Å². The number of anilines is 1. The van der Waals surface area contributed by atoms with Gasteiger partial charge < -0.3 is 5.43 Å². The van der Waals surface area contributed by atoms with E-state index < -0.39 is 10.0 Å². The van der Waals surface area contributed by atoms with E-state index in [0.29, 0.717) is 5.82 Å². The summed E-state index contributed by atoms with van der Waals surface area (Å²) in [5, 5.41) is 8.41. The van der Waals surface area contributed by atoms with Crippen LogP contribution in [0.5, 0.6) is 0 Å². The average molecular weight is 255 g/mol. The molecular formula is C9H13N5O2S. The van der Waals surface area contributed by atoms with Crippen molar-refractivity contribution in [1.82, 2.24) is 9.29 Å². The van der Waals surface area contributed by atoms with Crippen LogP contribution in [0.25, 0.3) is 0 Å². The van der Waals surface area contributed by atoms with Crippen LogP contribution in [0.2, 0.25) is 0 Å². The molecule has 0 bridgehead atoms. The number of nitrogens with two attached hydrogens (primary N) is 1. The van der Waals surface area contributed by atoms with Gasteiger partial charge >= 0.3 is 0 Å². The fourth-order valence-corrected chi connectivity index (χ4v) is 2.24. The molecule has 0 radical (unpaired) electrons. The summed E-state index contributed by atoms with van der Waals surface area (Å²) in [6, 6.07) is 4.76. The topological polar surface area (TPSA) is 112 Å². The van der Waals surface area contributed by atoms with Crippen molar-refractivity contribution in [2.24, 2.45) is 5.84 Å². The monoisotopic (exact) mass is 255 g/mol. The largest absolute Gasteiger partial charge is 0.308 e. The van der Waals surface area contributed by atoms with E-state index in [1.807, 2.05) is 6.07 Å². The number of hydrogen-bond acceptors (Lipinski definition) is 6. The molecule has 92 valence electrons. The summed E-state index contributed by atoms with van der Waals surface area (Å²) >= 11 is 0. The van der Waals surface area contributed by atoms with Crippen molar-refractivity contribution in [2.45, 2.75) is 11.3 Å². The van der Waals surface area contributed by atoms with Gasteiger partial charge in [0.05, 0.1) is 6.07 Å². The normalized spacial score (nSPS) is 11.2. The van der Waals surface area contributed by atoms with E-state index >= 15 is 0 Å². The Kier molecular flexibility index (Phi) is 4.39. The number of nitrogens with zero attached hydrogens (tertiary/aromatic N) is 3. The number of sulfonamides is 1. The average Bonchev–Trinajstić information content (AvgIpc) is 2.35. The van der Waals surface area contributed by atoms with Gasteiger partial charge in [0, 0.05) is 26.2 Å². The Morgan fingerprint density at radius 2 is 2.29 bits per heavy atom. The predicted molar refractivity (Wildman–Crippen MR) is 62.1 cm³/mol. The second kappa shape index (κ2) is 5.58. The summed E-state index contributed by atoms with van der Waals surface area (Å²) in [5.74, 6) is 5.50. The molecular weight excluding hydrogens is 242 g/mol. The van der Waals surface area contributed by atoms with Gasteiger partial charge in [0.15, 0.2) is 0 Å². The predicted octanol–water partition coefficient (Wildman–Crippen LogP) is -0.0986. The Morgan fingerprint density at radius 1 is 1.59 bits per heavy atom. The standard InChI is InChI=1S/C9H13N5O2S/c1-14(6-2-5-10)17(15,16)8-3-4-9(13-11)12-7-8/h3-4,7H,2,6,11H2,1H3,(H,12,13). The molecule has 0 aliphatic heterocycles. The smallest absolute Gasteiger partial charge is 0.244 e. The van der Waals surface area contributed by atoms with Crippen molar-refractivity contribution in [3.05, 3.63) is 18.3 Å². The van der Waals surface area contributed by atoms with Crippen LogP contribution in [0.1, 0.15) is 6.42 Å². The Hall–Kier alpha value is -1.69. The zero-order chi connectivity index (χ0) is 12.9. The first-order chi connectivity index (χ1) is 8.02. The van der Waals surface area contributed by atoms with Gasteiger partial charge in [-0.05, 0) is 12.1 Å². The molecule has 8 heteroatoms. The lowest BCUT2D eigenvalue weighted by atomic mass is 10.5. The van der Waals surface area contributed by atoms with Crippen LogP contribution in [0.4, 0.5) is 5.82 Å². The van der Waals surface area contributed by atoms with Gasteiger partial charge in [-0.2, -0.15) is 9.57 Å². The highest BCUT2D eigenvalue weighted by Crippen LogP contribution is 2.14. The summed E-state index contributed by atoms with van der Waals surface area (Å²) < 4.78 is 25.0. The van der Waals surface area contributed by atoms with Crippen molar-refractivity contribution in [3.63, 3.8) is 0 Å². The molecule has 0 fully saturated rings. The minimum Gasteiger partial charge on any atom is -0.308 e. The molecule has 0 saturated carbocycles. The number of nitrogens with one attached hydrogen (secondary N) is 1. The lowest BCUT2D eigenvalue weighted by molar-refractivity contribution is 0.476. The van der Waals surface area contributed by atoms with Crippen LogP contribution in [0.3, 0.4) is 0 Å². The molecule has 3 N–H and O–H groups in total. The van der Waals surface area contributed by atoms with E-state index in [0.717, 1.165) is 4.31 Å². The number of pyridine rings is 1. The maximum atomic E-state index is 12.0. The third-order valence-electron chi connectivity index (χ3n) is 2.13. The molecule has 0 aliphatic rings. The number of hydrogen-bond donors (Lipinski definition) is 2. The highest BCUT2D eigenvalue weighted by atomic mass is 32.2. The minimum absolute atomic E-state index is 0.0666. The van der Waals surface area contributed by atoms with Crippen molar-refractivity contribution >= 4 is 15.8 Å². The second-order valence-corrected chi connectivity index (χ2v) is 5.30. The Bertz CT molecular complexity index is 505. The third kappa shape index (κ3) is 3.13. The van der Waals surface area contributed by atoms with Gasteiger partial charge in [-0.3, -0.25) is 0 Å². The Balaban J connectivity index is 2.93. The van der Waals surface area contributed by atoms with E-state index in [4.69, 9.17) is 11.1 Å². The fraction of sp³-hybridized carbons (Fsp3) is 0.333. The van der Waals surface area contributed by atoms with E-state index in [9.17, 15) is 8.42 Å². The minimum atomic E-state index is -3.59. The lowest BCUT2D eigenvalue weighted by Crippen LogP contribution is -2.28. The molecule has 1 heterocycles. The van der Waals surface area contributed by atoms with E-state index in [-0.39, 0.29) is 17.9 Å². The van der Waals surface area contributed by atoms with Gasteiger partial charge in [0.25, 0.3) is 0 Å². The molecule has 0 aliphatic carbocycles. The molecule has 7 nitrogen and oxygen atoms in total. The number of hydrazine groups is 1. The molecule has 0 atom stereocenters. The molecule has 0 spiro atoms. The Labute approximate surface area is 99.9 Å². The van der Waals surface area contributed by atoms with Crippen molar-refractivity contribution in [3.8, 4) is 6.07 Å². The first-order valence-corrected chi connectivity index (χ1v) is 6.22. The molecule has 0 amide bonds. The van der Waals surface area contributed by atoms with Crippen molar-refractivity contribution < 1.29 is 8.42 Å². The van der Waals surface area contributed by atoms with Crippen molar-refractivity contribution in [2.75, 3.05) is 19.0 Å². The van der Waals surface area contributed by atoms with Crippen LogP contribution in [-0.4, -0.2) is 31.3 Å². The zero-order valence-electron chi connectivity index (χ0n) is 9.29. The zero-order valence-corrected chi connectivity index (χ0v) is 10.1. The van der Waals surface area contributed by atoms with Crippen LogP contribution in [0, 0.1) is 11.3 Å². The Morgan fingerprint density at radius 3 is 2.76 bits per heavy atom. The summed E-state index contributed by atoms with van der Waals surface area (Å²) in [5.41, 5.74) is 2.31. The van der Waals surface area contributed by atoms with Gasteiger partial charge in [0.2, 0.25) is 10.0 Å². The first-order valence-electron chi connectivity index (χ1n) is 4.78. The van der Waals surface area contributed by atoms with Crippen LogP contribution < -0.4 is 11.3 Å². The highest BCUT2D eigenvalue weighted by Gasteiger charge is 2.20. The quantitative estimate of drug-likeness (QED) is 0.561. The number of nitriles is 1. The molecule has 1 aromatic heterocycles. The number of aromatic nitrogens is 1. The van der Waals surface area contributed by atoms with Crippen LogP contribution in [0.15, 0.2) is 23.2 Å². The lowest BCUT2D eigenvalue weighted by Gasteiger charge is -2.15. The molecule has 1 rings (SSSR count). The third-order valence-corrected chi connectivity index (χ3v) is 3.97. The summed E-state index contributed by atoms with van der Waals surface area (Å²) in [7, 11) is -2.17. The fourth-order valence-electron chi connectivity index (χ4n) is 1.13. The first kappa shape index (κ1) is 13.4. The molecule has 0 saturated heterocycles. The number of nitrogen functional groups attached to an aromatic ring is 1. The number of rotatable bonds is 5. The summed E-state index contributed by atoms with van der Waals surface area (Å²) in [6.07, 6.45) is 1.36. The van der Waals surface area contributed by atoms with E-state index in [2.05, 4.69) is 10.4 Å². The van der Waals surface area contributed by atoms with Crippen LogP contribution >= 0.6 is 0 Å². The summed E-state index contributed by atoms with van der Waals surface area (Å²) in [6.45, 7) is 0.149. The van der Waals surface area contributed by atoms with Gasteiger partial charge in [-0.25, -0.2) is 19.2 Å². The van der Waals surface area contributed by atoms with Gasteiger partial charge in [0.1, 0.15) is 10.7 Å². The molecule has 1 aromatic rings.